The number of benzene rings is 1. The van der Waals surface area contributed by atoms with Crippen molar-refractivity contribution in [2.24, 2.45) is 0 Å². The molecule has 0 aromatic heterocycles. The summed E-state index contributed by atoms with van der Waals surface area (Å²) in [5.74, 6) is -0.450. The third-order valence-electron chi connectivity index (χ3n) is 3.92. The molecule has 0 aliphatic carbocycles. The van der Waals surface area contributed by atoms with Gasteiger partial charge in [0, 0.05) is 26.2 Å². The highest BCUT2D eigenvalue weighted by atomic mass is 32.2. The minimum Gasteiger partial charge on any atom is -0.490 e. The Morgan fingerprint density at radius 1 is 1.38 bits per heavy atom. The van der Waals surface area contributed by atoms with E-state index in [1.807, 2.05) is 6.92 Å². The first kappa shape index (κ1) is 19.1. The third kappa shape index (κ3) is 4.44. The van der Waals surface area contributed by atoms with Crippen molar-refractivity contribution in [1.82, 2.24) is 9.62 Å². The Labute approximate surface area is 143 Å². The van der Waals surface area contributed by atoms with Crippen LogP contribution < -0.4 is 10.1 Å². The van der Waals surface area contributed by atoms with E-state index in [0.29, 0.717) is 26.1 Å². The molecule has 1 N–H and O–H groups in total. The van der Waals surface area contributed by atoms with Crippen molar-refractivity contribution in [2.75, 3.05) is 40.0 Å². The maximum absolute atomic E-state index is 13.7. The second-order valence-corrected chi connectivity index (χ2v) is 7.55. The molecule has 1 aliphatic heterocycles. The van der Waals surface area contributed by atoms with E-state index in [1.54, 1.807) is 0 Å². The average molecular weight is 360 g/mol. The maximum Gasteiger partial charge on any atom is 0.247 e. The molecule has 1 aliphatic rings. The molecule has 136 valence electrons. The highest BCUT2D eigenvalue weighted by Gasteiger charge is 2.34. The van der Waals surface area contributed by atoms with Crippen LogP contribution >= 0.6 is 0 Å². The number of methoxy groups -OCH3 is 1. The van der Waals surface area contributed by atoms with Crippen LogP contribution in [-0.2, 0) is 14.8 Å². The van der Waals surface area contributed by atoms with E-state index in [4.69, 9.17) is 9.47 Å². The first-order valence-electron chi connectivity index (χ1n) is 8.14. The molecule has 1 heterocycles. The molecule has 1 fully saturated rings. The van der Waals surface area contributed by atoms with Crippen LogP contribution in [0.2, 0.25) is 0 Å². The van der Waals surface area contributed by atoms with Gasteiger partial charge >= 0.3 is 0 Å². The predicted molar refractivity (Wildman–Crippen MR) is 89.2 cm³/mol. The van der Waals surface area contributed by atoms with Gasteiger partial charge in [-0.3, -0.25) is 0 Å². The van der Waals surface area contributed by atoms with E-state index in [2.05, 4.69) is 5.32 Å². The summed E-state index contributed by atoms with van der Waals surface area (Å²) < 4.78 is 51.9. The fraction of sp³-hybridized carbons (Fsp3) is 0.625. The van der Waals surface area contributed by atoms with Crippen LogP contribution in [0.4, 0.5) is 4.39 Å². The quantitative estimate of drug-likeness (QED) is 0.678. The highest BCUT2D eigenvalue weighted by Crippen LogP contribution is 2.30. The Morgan fingerprint density at radius 3 is 2.79 bits per heavy atom. The fourth-order valence-electron chi connectivity index (χ4n) is 2.77. The monoisotopic (exact) mass is 360 g/mol. The Balaban J connectivity index is 2.36. The van der Waals surface area contributed by atoms with Crippen LogP contribution in [0, 0.1) is 5.82 Å². The number of nitrogens with one attached hydrogen (secondary N) is 1. The Kier molecular flexibility index (Phi) is 6.97. The molecule has 0 radical (unpaired) electrons. The van der Waals surface area contributed by atoms with Gasteiger partial charge < -0.3 is 14.8 Å². The van der Waals surface area contributed by atoms with Crippen molar-refractivity contribution in [2.45, 2.75) is 30.7 Å². The summed E-state index contributed by atoms with van der Waals surface area (Å²) in [7, 11) is -2.32. The van der Waals surface area contributed by atoms with E-state index >= 15 is 0 Å². The van der Waals surface area contributed by atoms with Crippen LogP contribution in [0.3, 0.4) is 0 Å². The van der Waals surface area contributed by atoms with Crippen LogP contribution in [0.5, 0.6) is 5.75 Å². The molecule has 8 heteroatoms. The zero-order valence-corrected chi connectivity index (χ0v) is 14.9. The summed E-state index contributed by atoms with van der Waals surface area (Å²) in [6, 6.07) is 3.46. The molecule has 0 amide bonds. The van der Waals surface area contributed by atoms with Crippen LogP contribution in [0.15, 0.2) is 23.1 Å². The van der Waals surface area contributed by atoms with Crippen molar-refractivity contribution in [3.63, 3.8) is 0 Å². The molecule has 2 rings (SSSR count). The summed E-state index contributed by atoms with van der Waals surface area (Å²) in [6.07, 6.45) is 1.43. The van der Waals surface area contributed by atoms with Gasteiger partial charge in [0.05, 0.1) is 6.61 Å². The number of nitrogens with zero attached hydrogens (tertiary/aromatic N) is 1. The molecule has 6 nitrogen and oxygen atoms in total. The molecule has 1 saturated heterocycles. The number of hydrogen-bond donors (Lipinski definition) is 1. The van der Waals surface area contributed by atoms with Gasteiger partial charge in [-0.2, -0.15) is 4.31 Å². The van der Waals surface area contributed by atoms with Gasteiger partial charge in [-0.1, -0.05) is 6.92 Å². The van der Waals surface area contributed by atoms with E-state index < -0.39 is 15.8 Å². The second-order valence-electron chi connectivity index (χ2n) is 5.69. The number of rotatable bonds is 9. The van der Waals surface area contributed by atoms with Crippen molar-refractivity contribution in [3.8, 4) is 5.75 Å². The fourth-order valence-corrected chi connectivity index (χ4v) is 4.66. The van der Waals surface area contributed by atoms with Gasteiger partial charge in [-0.05, 0) is 37.6 Å². The zero-order valence-electron chi connectivity index (χ0n) is 14.1. The lowest BCUT2D eigenvalue weighted by atomic mass is 10.2. The van der Waals surface area contributed by atoms with Crippen molar-refractivity contribution in [3.05, 3.63) is 24.0 Å². The second kappa shape index (κ2) is 8.75. The van der Waals surface area contributed by atoms with Gasteiger partial charge in [-0.15, -0.1) is 0 Å². The first-order valence-corrected chi connectivity index (χ1v) is 9.58. The largest absolute Gasteiger partial charge is 0.490 e. The molecule has 0 spiro atoms. The van der Waals surface area contributed by atoms with Crippen LogP contribution in [0.25, 0.3) is 0 Å². The highest BCUT2D eigenvalue weighted by molar-refractivity contribution is 7.89. The SMILES string of the molecule is CCCN(C1CCNC1)S(=O)(=O)c1cc(F)ccc1OCCOC. The average Bonchev–Trinajstić information content (AvgIpc) is 3.08. The van der Waals surface area contributed by atoms with Gasteiger partial charge in [0.1, 0.15) is 23.1 Å². The molecular weight excluding hydrogens is 335 g/mol. The normalized spacial score (nSPS) is 18.2. The van der Waals surface area contributed by atoms with Gasteiger partial charge in [0.25, 0.3) is 0 Å². The lowest BCUT2D eigenvalue weighted by molar-refractivity contribution is 0.144. The van der Waals surface area contributed by atoms with Crippen LogP contribution in [0.1, 0.15) is 19.8 Å². The molecule has 0 bridgehead atoms. The minimum absolute atomic E-state index is 0.120. The third-order valence-corrected chi connectivity index (χ3v) is 5.90. The van der Waals surface area contributed by atoms with Gasteiger partial charge in [-0.25, -0.2) is 12.8 Å². The van der Waals surface area contributed by atoms with Crippen molar-refractivity contribution < 1.29 is 22.3 Å². The molecule has 1 aromatic carbocycles. The van der Waals surface area contributed by atoms with Crippen LogP contribution in [-0.4, -0.2) is 58.7 Å². The zero-order chi connectivity index (χ0) is 17.6. The Morgan fingerprint density at radius 2 is 2.17 bits per heavy atom. The van der Waals surface area contributed by atoms with E-state index in [9.17, 15) is 12.8 Å². The van der Waals surface area contributed by atoms with E-state index in [1.165, 1.54) is 23.5 Å². The summed E-state index contributed by atoms with van der Waals surface area (Å²) in [6.45, 7) is 4.22. The Bertz CT molecular complexity index is 633. The summed E-state index contributed by atoms with van der Waals surface area (Å²) in [5.41, 5.74) is 0. The summed E-state index contributed by atoms with van der Waals surface area (Å²) in [4.78, 5) is -0.126. The number of hydrogen-bond acceptors (Lipinski definition) is 5. The maximum atomic E-state index is 13.7. The Hall–Kier alpha value is -1.22. The van der Waals surface area contributed by atoms with Crippen molar-refractivity contribution >= 4 is 10.0 Å². The number of halogens is 1. The lowest BCUT2D eigenvalue weighted by Gasteiger charge is -2.28. The van der Waals surface area contributed by atoms with Gasteiger partial charge in [0.2, 0.25) is 10.0 Å². The molecule has 1 unspecified atom stereocenters. The van der Waals surface area contributed by atoms with E-state index in [0.717, 1.165) is 19.0 Å². The van der Waals surface area contributed by atoms with E-state index in [-0.39, 0.29) is 23.3 Å². The molecule has 1 atom stereocenters. The standard InChI is InChI=1S/C16H25FN2O4S/c1-3-8-19(14-6-7-18-12-14)24(20,21)16-11-13(17)4-5-15(16)23-10-9-22-2/h4-5,11,14,18H,3,6-10,12H2,1-2H3. The minimum atomic E-state index is -3.85. The summed E-state index contributed by atoms with van der Waals surface area (Å²) >= 11 is 0. The number of sulfonamides is 1. The summed E-state index contributed by atoms with van der Waals surface area (Å²) in [5, 5.41) is 3.17. The topological polar surface area (TPSA) is 67.9 Å². The number of ether oxygens (including phenoxy) is 2. The molecular formula is C16H25FN2O4S. The smallest absolute Gasteiger partial charge is 0.247 e. The van der Waals surface area contributed by atoms with Gasteiger partial charge in [0.15, 0.2) is 0 Å². The predicted octanol–water partition coefficient (Wildman–Crippen LogP) is 1.61. The molecule has 1 aromatic rings. The lowest BCUT2D eigenvalue weighted by Crippen LogP contribution is -2.42. The molecule has 0 saturated carbocycles. The van der Waals surface area contributed by atoms with Crippen molar-refractivity contribution in [1.29, 1.82) is 0 Å². The molecule has 24 heavy (non-hydrogen) atoms. The first-order chi connectivity index (χ1) is 11.5.